The number of anilines is 1. The van der Waals surface area contributed by atoms with Crippen LogP contribution in [0.1, 0.15) is 46.6 Å². The van der Waals surface area contributed by atoms with E-state index in [0.717, 1.165) is 61.6 Å². The first kappa shape index (κ1) is 28.6. The number of carbonyl (C=O) groups is 1. The lowest BCUT2D eigenvalue weighted by Gasteiger charge is -2.37. The summed E-state index contributed by atoms with van der Waals surface area (Å²) >= 11 is 0. The number of fused-ring (bicyclic) bond motifs is 1. The van der Waals surface area contributed by atoms with Crippen molar-refractivity contribution in [2.45, 2.75) is 51.1 Å². The van der Waals surface area contributed by atoms with Crippen LogP contribution in [0.4, 0.5) is 10.2 Å². The number of carboxylic acid groups (broad SMARTS) is 1. The first-order chi connectivity index (χ1) is 20.9. The number of carboxylic acids is 1. The van der Waals surface area contributed by atoms with E-state index in [4.69, 9.17) is 19.7 Å². The Kier molecular flexibility index (Phi) is 8.22. The minimum absolute atomic E-state index is 0.0192. The van der Waals surface area contributed by atoms with Gasteiger partial charge in [-0.2, -0.15) is 10.2 Å². The number of imidazole rings is 1. The molecule has 2 aliphatic rings. The van der Waals surface area contributed by atoms with Gasteiger partial charge in [-0.15, -0.1) is 0 Å². The number of hydrogen-bond donors (Lipinski definition) is 1. The minimum Gasteiger partial charge on any atom is -0.478 e. The highest BCUT2D eigenvalue weighted by Gasteiger charge is 2.27. The van der Waals surface area contributed by atoms with Crippen molar-refractivity contribution in [2.24, 2.45) is 0 Å². The lowest BCUT2D eigenvalue weighted by atomic mass is 10.0. The monoisotopic (exact) mass is 584 g/mol. The number of nitrogens with zero attached hydrogens (tertiary/aromatic N) is 6. The molecule has 10 nitrogen and oxygen atoms in total. The molecule has 0 spiro atoms. The van der Waals surface area contributed by atoms with Gasteiger partial charge in [0.05, 0.1) is 47.4 Å². The normalized spacial score (nSPS) is 17.4. The summed E-state index contributed by atoms with van der Waals surface area (Å²) in [4.78, 5) is 25.7. The van der Waals surface area contributed by atoms with E-state index in [2.05, 4.69) is 19.4 Å². The van der Waals surface area contributed by atoms with Gasteiger partial charge in [0.15, 0.2) is 0 Å². The summed E-state index contributed by atoms with van der Waals surface area (Å²) in [5.74, 6) is 0.689. The molecule has 0 radical (unpaired) electrons. The number of halogens is 1. The second-order valence-electron chi connectivity index (χ2n) is 11.1. The fourth-order valence-corrected chi connectivity index (χ4v) is 5.68. The van der Waals surface area contributed by atoms with Crippen LogP contribution < -0.4 is 9.64 Å². The molecule has 0 aliphatic carbocycles. The van der Waals surface area contributed by atoms with Gasteiger partial charge in [-0.05, 0) is 55.7 Å². The van der Waals surface area contributed by atoms with E-state index in [-0.39, 0.29) is 29.9 Å². The van der Waals surface area contributed by atoms with Gasteiger partial charge in [-0.1, -0.05) is 12.1 Å². The maximum absolute atomic E-state index is 14.3. The molecule has 4 aromatic rings. The fraction of sp³-hybridized carbons (Fsp3) is 0.375. The van der Waals surface area contributed by atoms with Gasteiger partial charge < -0.3 is 24.0 Å². The maximum atomic E-state index is 14.3. The predicted octanol–water partition coefficient (Wildman–Crippen LogP) is 4.61. The molecule has 2 fully saturated rings. The standard InChI is InChI=1S/C32H33FN6O4/c1-37(29-3-2-4-31(36-29)43-20-23-6-5-21(17-34)15-26(23)33)24-9-12-38(13-10-24)19-30-35-27-8-7-22(32(40)41)16-28(27)39(30)18-25-11-14-42-25/h2-8,15-16,24-25H,9-14,18-20H2,1H3,(H,40,41)/t25-/m0/s1. The molecular weight excluding hydrogens is 551 g/mol. The molecule has 2 aromatic carbocycles. The van der Waals surface area contributed by atoms with Gasteiger partial charge in [0.1, 0.15) is 24.1 Å². The van der Waals surface area contributed by atoms with Crippen molar-refractivity contribution in [3.63, 3.8) is 0 Å². The summed E-state index contributed by atoms with van der Waals surface area (Å²) < 4.78 is 27.9. The molecule has 43 heavy (non-hydrogen) atoms. The van der Waals surface area contributed by atoms with Gasteiger partial charge in [0, 0.05) is 44.4 Å². The Bertz CT molecular complexity index is 1670. The number of nitriles is 1. The van der Waals surface area contributed by atoms with Crippen LogP contribution in [0.2, 0.25) is 0 Å². The van der Waals surface area contributed by atoms with E-state index in [1.54, 1.807) is 36.4 Å². The molecule has 2 aromatic heterocycles. The summed E-state index contributed by atoms with van der Waals surface area (Å²) in [6, 6.07) is 17.2. The number of pyridine rings is 1. The molecular formula is C32H33FN6O4. The number of ether oxygens (including phenoxy) is 2. The van der Waals surface area contributed by atoms with Crippen LogP contribution in [0.3, 0.4) is 0 Å². The van der Waals surface area contributed by atoms with Crippen molar-refractivity contribution in [2.75, 3.05) is 31.6 Å². The van der Waals surface area contributed by atoms with Gasteiger partial charge in [0.25, 0.3) is 0 Å². The number of hydrogen-bond acceptors (Lipinski definition) is 8. The van der Waals surface area contributed by atoms with E-state index in [1.165, 1.54) is 6.07 Å². The second kappa shape index (κ2) is 12.4. The first-order valence-electron chi connectivity index (χ1n) is 14.5. The highest BCUT2D eigenvalue weighted by atomic mass is 19.1. The van der Waals surface area contributed by atoms with Crippen molar-refractivity contribution in [3.8, 4) is 11.9 Å². The molecule has 222 valence electrons. The van der Waals surface area contributed by atoms with Gasteiger partial charge >= 0.3 is 5.97 Å². The second-order valence-corrected chi connectivity index (χ2v) is 11.1. The lowest BCUT2D eigenvalue weighted by molar-refractivity contribution is -0.0592. The molecule has 0 amide bonds. The molecule has 2 saturated heterocycles. The first-order valence-corrected chi connectivity index (χ1v) is 14.5. The number of aromatic carboxylic acids is 1. The van der Waals surface area contributed by atoms with Gasteiger partial charge in [0.2, 0.25) is 5.88 Å². The molecule has 2 aliphatic heterocycles. The molecule has 6 rings (SSSR count). The van der Waals surface area contributed by atoms with Crippen LogP contribution in [0.5, 0.6) is 5.88 Å². The van der Waals surface area contributed by atoms with Gasteiger partial charge in [-0.25, -0.2) is 14.2 Å². The molecule has 0 unspecified atom stereocenters. The van der Waals surface area contributed by atoms with E-state index in [0.29, 0.717) is 24.5 Å². The summed E-state index contributed by atoms with van der Waals surface area (Å²) in [6.07, 6.45) is 2.99. The fourth-order valence-electron chi connectivity index (χ4n) is 5.68. The minimum atomic E-state index is -0.950. The summed E-state index contributed by atoms with van der Waals surface area (Å²) in [5, 5.41) is 18.5. The van der Waals surface area contributed by atoms with E-state index >= 15 is 0 Å². The highest BCUT2D eigenvalue weighted by molar-refractivity contribution is 5.92. The molecule has 1 atom stereocenters. The predicted molar refractivity (Wildman–Crippen MR) is 157 cm³/mol. The Morgan fingerprint density at radius 1 is 1.16 bits per heavy atom. The van der Waals surface area contributed by atoms with Crippen molar-refractivity contribution in [1.82, 2.24) is 19.4 Å². The SMILES string of the molecule is CN(c1cccc(OCc2ccc(C#N)cc2F)n1)C1CCN(Cc2nc3ccc(C(=O)O)cc3n2C[C@@H]2CCO2)CC1. The Labute approximate surface area is 248 Å². The van der Waals surface area contributed by atoms with Crippen molar-refractivity contribution in [3.05, 3.63) is 82.9 Å². The summed E-state index contributed by atoms with van der Waals surface area (Å²) in [7, 11) is 2.03. The Hall–Kier alpha value is -4.53. The van der Waals surface area contributed by atoms with Crippen LogP contribution in [0, 0.1) is 17.1 Å². The molecule has 0 saturated carbocycles. The van der Waals surface area contributed by atoms with Crippen LogP contribution in [0.15, 0.2) is 54.6 Å². The molecule has 4 heterocycles. The Morgan fingerprint density at radius 2 is 1.98 bits per heavy atom. The van der Waals surface area contributed by atoms with Crippen molar-refractivity contribution >= 4 is 22.8 Å². The van der Waals surface area contributed by atoms with Crippen LogP contribution in [-0.4, -0.2) is 69.4 Å². The number of benzene rings is 2. The third-order valence-corrected chi connectivity index (χ3v) is 8.35. The van der Waals surface area contributed by atoms with Crippen LogP contribution >= 0.6 is 0 Å². The van der Waals surface area contributed by atoms with Crippen LogP contribution in [-0.2, 0) is 24.4 Å². The summed E-state index contributed by atoms with van der Waals surface area (Å²) in [5.41, 5.74) is 2.51. The van der Waals surface area contributed by atoms with Crippen molar-refractivity contribution in [1.29, 1.82) is 5.26 Å². The lowest BCUT2D eigenvalue weighted by Crippen LogP contribution is -2.43. The third kappa shape index (κ3) is 6.30. The average molecular weight is 585 g/mol. The largest absolute Gasteiger partial charge is 0.478 e. The van der Waals surface area contributed by atoms with E-state index in [1.807, 2.05) is 25.2 Å². The Morgan fingerprint density at radius 3 is 2.67 bits per heavy atom. The molecule has 1 N–H and O–H groups in total. The number of piperidine rings is 1. The quantitative estimate of drug-likeness (QED) is 0.285. The smallest absolute Gasteiger partial charge is 0.335 e. The van der Waals surface area contributed by atoms with E-state index in [9.17, 15) is 14.3 Å². The number of likely N-dealkylation sites (tertiary alicyclic amines) is 1. The topological polar surface area (TPSA) is 117 Å². The zero-order valence-electron chi connectivity index (χ0n) is 23.9. The average Bonchev–Trinajstić information content (AvgIpc) is 3.34. The summed E-state index contributed by atoms with van der Waals surface area (Å²) in [6.45, 7) is 3.88. The van der Waals surface area contributed by atoms with Gasteiger partial charge in [-0.3, -0.25) is 4.90 Å². The zero-order valence-corrected chi connectivity index (χ0v) is 23.9. The highest BCUT2D eigenvalue weighted by Crippen LogP contribution is 2.26. The molecule has 11 heteroatoms. The number of rotatable bonds is 10. The van der Waals surface area contributed by atoms with E-state index < -0.39 is 11.8 Å². The Balaban J connectivity index is 1.08. The number of aromatic nitrogens is 3. The maximum Gasteiger partial charge on any atom is 0.335 e. The zero-order chi connectivity index (χ0) is 29.9. The molecule has 0 bridgehead atoms. The van der Waals surface area contributed by atoms with Crippen LogP contribution in [0.25, 0.3) is 11.0 Å². The third-order valence-electron chi connectivity index (χ3n) is 8.35. The van der Waals surface area contributed by atoms with Crippen molar-refractivity contribution < 1.29 is 23.8 Å².